The Kier molecular flexibility index (Phi) is 3.83. The van der Waals surface area contributed by atoms with Crippen LogP contribution in [0.1, 0.15) is 0 Å². The van der Waals surface area contributed by atoms with Gasteiger partial charge in [-0.15, -0.1) is 0 Å². The first-order valence-electron chi connectivity index (χ1n) is 6.21. The van der Waals surface area contributed by atoms with Gasteiger partial charge in [0.2, 0.25) is 0 Å². The van der Waals surface area contributed by atoms with Crippen molar-refractivity contribution in [3.63, 3.8) is 0 Å². The van der Waals surface area contributed by atoms with Crippen molar-refractivity contribution in [1.29, 1.82) is 0 Å². The number of methoxy groups -OCH3 is 1. The van der Waals surface area contributed by atoms with E-state index in [1.807, 2.05) is 48.5 Å². The van der Waals surface area contributed by atoms with Crippen LogP contribution < -0.4 is 10.1 Å². The molecule has 21 heavy (non-hydrogen) atoms. The van der Waals surface area contributed by atoms with Crippen molar-refractivity contribution in [2.24, 2.45) is 0 Å². The molecule has 106 valence electrons. The summed E-state index contributed by atoms with van der Waals surface area (Å²) in [6, 6.07) is 15.3. The van der Waals surface area contributed by atoms with E-state index in [0.717, 1.165) is 21.6 Å². The monoisotopic (exact) mass is 345 g/mol. The van der Waals surface area contributed by atoms with Crippen LogP contribution in [-0.4, -0.2) is 27.3 Å². The third-order valence-corrected chi connectivity index (χ3v) is 3.42. The van der Waals surface area contributed by atoms with Gasteiger partial charge >= 0.3 is 0 Å². The molecule has 0 aliphatic heterocycles. The number of anilines is 2. The van der Waals surface area contributed by atoms with E-state index >= 15 is 0 Å². The SMILES string of the molecule is COc1ccc(-n2nnnc2Nc2ccc(Br)cc2)cc1. The van der Waals surface area contributed by atoms with Crippen LogP contribution in [0.3, 0.4) is 0 Å². The predicted octanol–water partition coefficient (Wildman–Crippen LogP) is 3.18. The van der Waals surface area contributed by atoms with Gasteiger partial charge in [0.25, 0.3) is 5.95 Å². The molecule has 7 heteroatoms. The summed E-state index contributed by atoms with van der Waals surface area (Å²) < 4.78 is 7.79. The molecular weight excluding hydrogens is 334 g/mol. The average molecular weight is 346 g/mol. The van der Waals surface area contributed by atoms with E-state index in [1.54, 1.807) is 11.8 Å². The molecule has 0 saturated heterocycles. The predicted molar refractivity (Wildman–Crippen MR) is 83.1 cm³/mol. The molecule has 0 fully saturated rings. The largest absolute Gasteiger partial charge is 0.497 e. The van der Waals surface area contributed by atoms with Gasteiger partial charge in [0.1, 0.15) is 5.75 Å². The van der Waals surface area contributed by atoms with Crippen molar-refractivity contribution >= 4 is 27.6 Å². The minimum absolute atomic E-state index is 0.544. The summed E-state index contributed by atoms with van der Waals surface area (Å²) in [5.41, 5.74) is 1.75. The fourth-order valence-electron chi connectivity index (χ4n) is 1.82. The van der Waals surface area contributed by atoms with Gasteiger partial charge in [-0.25, -0.2) is 0 Å². The van der Waals surface area contributed by atoms with Crippen LogP contribution in [0, 0.1) is 0 Å². The standard InChI is InChI=1S/C14H12BrN5O/c1-21-13-8-6-12(7-9-13)20-14(17-18-19-20)16-11-4-2-10(15)3-5-11/h2-9H,1H3,(H,16,17,19). The van der Waals surface area contributed by atoms with E-state index in [0.29, 0.717) is 5.95 Å². The molecule has 1 heterocycles. The molecule has 0 bridgehead atoms. The molecule has 3 rings (SSSR count). The maximum atomic E-state index is 5.14. The van der Waals surface area contributed by atoms with Crippen LogP contribution in [-0.2, 0) is 0 Å². The molecule has 0 amide bonds. The van der Waals surface area contributed by atoms with Gasteiger partial charge in [-0.1, -0.05) is 21.0 Å². The number of nitrogens with zero attached hydrogens (tertiary/aromatic N) is 4. The molecule has 0 saturated carbocycles. The number of hydrogen-bond acceptors (Lipinski definition) is 5. The Morgan fingerprint density at radius 3 is 2.43 bits per heavy atom. The van der Waals surface area contributed by atoms with Gasteiger partial charge in [-0.05, 0) is 59.0 Å². The maximum Gasteiger partial charge on any atom is 0.252 e. The zero-order valence-electron chi connectivity index (χ0n) is 11.2. The Morgan fingerprint density at radius 1 is 1.05 bits per heavy atom. The highest BCUT2D eigenvalue weighted by Crippen LogP contribution is 2.20. The van der Waals surface area contributed by atoms with Gasteiger partial charge in [0, 0.05) is 10.2 Å². The van der Waals surface area contributed by atoms with Crippen molar-refractivity contribution in [1.82, 2.24) is 20.2 Å². The van der Waals surface area contributed by atoms with Gasteiger partial charge in [-0.3, -0.25) is 0 Å². The fourth-order valence-corrected chi connectivity index (χ4v) is 2.09. The summed E-state index contributed by atoms with van der Waals surface area (Å²) in [5, 5.41) is 14.9. The minimum Gasteiger partial charge on any atom is -0.497 e. The molecule has 0 spiro atoms. The maximum absolute atomic E-state index is 5.14. The van der Waals surface area contributed by atoms with Crippen LogP contribution in [0.2, 0.25) is 0 Å². The van der Waals surface area contributed by atoms with E-state index in [9.17, 15) is 0 Å². The lowest BCUT2D eigenvalue weighted by Gasteiger charge is -2.07. The van der Waals surface area contributed by atoms with Gasteiger partial charge in [0.05, 0.1) is 12.8 Å². The van der Waals surface area contributed by atoms with Crippen LogP contribution in [0.4, 0.5) is 11.6 Å². The molecule has 0 aliphatic rings. The van der Waals surface area contributed by atoms with Gasteiger partial charge < -0.3 is 10.1 Å². The molecule has 6 nitrogen and oxygen atoms in total. The molecule has 2 aromatic carbocycles. The number of ether oxygens (including phenoxy) is 1. The third-order valence-electron chi connectivity index (χ3n) is 2.89. The number of tetrazole rings is 1. The second-order valence-electron chi connectivity index (χ2n) is 4.24. The Hall–Kier alpha value is -2.41. The van der Waals surface area contributed by atoms with E-state index in [1.165, 1.54) is 0 Å². The Morgan fingerprint density at radius 2 is 1.76 bits per heavy atom. The van der Waals surface area contributed by atoms with Crippen molar-refractivity contribution in [2.45, 2.75) is 0 Å². The molecule has 1 N–H and O–H groups in total. The molecule has 0 radical (unpaired) electrons. The summed E-state index contributed by atoms with van der Waals surface area (Å²) in [6.07, 6.45) is 0. The number of hydrogen-bond donors (Lipinski definition) is 1. The van der Waals surface area contributed by atoms with Crippen molar-refractivity contribution in [3.8, 4) is 11.4 Å². The summed E-state index contributed by atoms with van der Waals surface area (Å²) in [4.78, 5) is 0. The molecule has 3 aromatic rings. The minimum atomic E-state index is 0.544. The Bertz CT molecular complexity index is 724. The number of benzene rings is 2. The highest BCUT2D eigenvalue weighted by molar-refractivity contribution is 9.10. The van der Waals surface area contributed by atoms with Crippen molar-refractivity contribution in [3.05, 3.63) is 53.0 Å². The van der Waals surface area contributed by atoms with Crippen LogP contribution >= 0.6 is 15.9 Å². The highest BCUT2D eigenvalue weighted by Gasteiger charge is 2.08. The fraction of sp³-hybridized carbons (Fsp3) is 0.0714. The second kappa shape index (κ2) is 5.92. The lowest BCUT2D eigenvalue weighted by molar-refractivity contribution is 0.414. The normalized spacial score (nSPS) is 10.4. The smallest absolute Gasteiger partial charge is 0.252 e. The number of aromatic nitrogens is 4. The average Bonchev–Trinajstić information content (AvgIpc) is 2.98. The van der Waals surface area contributed by atoms with E-state index < -0.39 is 0 Å². The van der Waals surface area contributed by atoms with Crippen molar-refractivity contribution in [2.75, 3.05) is 12.4 Å². The zero-order valence-corrected chi connectivity index (χ0v) is 12.8. The molecule has 0 atom stereocenters. The zero-order chi connectivity index (χ0) is 14.7. The lowest BCUT2D eigenvalue weighted by Crippen LogP contribution is -2.03. The van der Waals surface area contributed by atoms with Gasteiger partial charge in [0.15, 0.2) is 0 Å². The molecule has 0 unspecified atom stereocenters. The van der Waals surface area contributed by atoms with Crippen LogP contribution in [0.25, 0.3) is 5.69 Å². The Balaban J connectivity index is 1.87. The second-order valence-corrected chi connectivity index (χ2v) is 5.16. The van der Waals surface area contributed by atoms with E-state index in [2.05, 4.69) is 36.8 Å². The quantitative estimate of drug-likeness (QED) is 0.786. The molecule has 1 aromatic heterocycles. The van der Waals surface area contributed by atoms with Gasteiger partial charge in [-0.2, -0.15) is 4.68 Å². The summed E-state index contributed by atoms with van der Waals surface area (Å²) in [6.45, 7) is 0. The third kappa shape index (κ3) is 3.03. The number of nitrogens with one attached hydrogen (secondary N) is 1. The first-order valence-corrected chi connectivity index (χ1v) is 7.01. The summed E-state index contributed by atoms with van der Waals surface area (Å²) >= 11 is 3.40. The van der Waals surface area contributed by atoms with Crippen LogP contribution in [0.15, 0.2) is 53.0 Å². The molecule has 0 aliphatic carbocycles. The first-order chi connectivity index (χ1) is 10.3. The van der Waals surface area contributed by atoms with E-state index in [-0.39, 0.29) is 0 Å². The van der Waals surface area contributed by atoms with Crippen molar-refractivity contribution < 1.29 is 4.74 Å². The Labute approximate surface area is 129 Å². The molecular formula is C14H12BrN5O. The topological polar surface area (TPSA) is 64.9 Å². The van der Waals surface area contributed by atoms with E-state index in [4.69, 9.17) is 4.74 Å². The summed E-state index contributed by atoms with van der Waals surface area (Å²) in [7, 11) is 1.63. The van der Waals surface area contributed by atoms with Crippen LogP contribution in [0.5, 0.6) is 5.75 Å². The lowest BCUT2D eigenvalue weighted by atomic mass is 10.3. The summed E-state index contributed by atoms with van der Waals surface area (Å²) in [5.74, 6) is 1.33. The highest BCUT2D eigenvalue weighted by atomic mass is 79.9. The number of halogens is 1. The first kappa shape index (κ1) is 13.6. The number of rotatable bonds is 4.